The summed E-state index contributed by atoms with van der Waals surface area (Å²) in [6, 6.07) is 11.2. The van der Waals surface area contributed by atoms with Gasteiger partial charge in [0.1, 0.15) is 11.5 Å². The number of carbonyl (C=O) groups excluding carboxylic acids is 1. The number of hydrogen-bond acceptors (Lipinski definition) is 5. The van der Waals surface area contributed by atoms with Crippen LogP contribution in [0.1, 0.15) is 21.7 Å². The Kier molecular flexibility index (Phi) is 5.20. The number of anilines is 2. The van der Waals surface area contributed by atoms with E-state index in [1.807, 2.05) is 43.3 Å². The van der Waals surface area contributed by atoms with Gasteiger partial charge >= 0.3 is 0 Å². The van der Waals surface area contributed by atoms with E-state index in [2.05, 4.69) is 25.6 Å². The van der Waals surface area contributed by atoms with Crippen LogP contribution in [0.15, 0.2) is 55.0 Å². The molecule has 7 heteroatoms. The van der Waals surface area contributed by atoms with Crippen LogP contribution in [0.4, 0.5) is 11.5 Å². The molecule has 0 bridgehead atoms. The lowest BCUT2D eigenvalue weighted by Gasteiger charge is -2.08. The number of pyridine rings is 1. The predicted molar refractivity (Wildman–Crippen MR) is 96.9 cm³/mol. The molecular formula is C18H16ClN5O. The SMILES string of the molecule is Cc1ccc(Nc2cnc(C(=O)NCc3ccccn3)cn2)cc1Cl. The summed E-state index contributed by atoms with van der Waals surface area (Å²) >= 11 is 6.10. The number of aromatic nitrogens is 3. The second-order valence-electron chi connectivity index (χ2n) is 5.38. The standard InChI is InChI=1S/C18H16ClN5O/c1-12-5-6-13(8-15(12)19)24-17-11-21-16(10-22-17)18(25)23-9-14-4-2-3-7-20-14/h2-8,10-11H,9H2,1H3,(H,22,24)(H,23,25). The summed E-state index contributed by atoms with van der Waals surface area (Å²) < 4.78 is 0. The monoisotopic (exact) mass is 353 g/mol. The van der Waals surface area contributed by atoms with Crippen LogP contribution in [0.2, 0.25) is 5.02 Å². The first-order chi connectivity index (χ1) is 12.1. The summed E-state index contributed by atoms with van der Waals surface area (Å²) in [6.07, 6.45) is 4.61. The lowest BCUT2D eigenvalue weighted by Crippen LogP contribution is -2.24. The van der Waals surface area contributed by atoms with E-state index in [1.54, 1.807) is 6.20 Å². The van der Waals surface area contributed by atoms with Crippen LogP contribution >= 0.6 is 11.6 Å². The molecule has 6 nitrogen and oxygen atoms in total. The zero-order valence-corrected chi connectivity index (χ0v) is 14.3. The van der Waals surface area contributed by atoms with Crippen molar-refractivity contribution < 1.29 is 4.79 Å². The van der Waals surface area contributed by atoms with E-state index < -0.39 is 0 Å². The first-order valence-corrected chi connectivity index (χ1v) is 8.03. The molecule has 0 aliphatic rings. The number of benzene rings is 1. The summed E-state index contributed by atoms with van der Waals surface area (Å²) in [5, 5.41) is 6.52. The zero-order valence-electron chi connectivity index (χ0n) is 13.5. The van der Waals surface area contributed by atoms with Crippen LogP contribution in [0.25, 0.3) is 0 Å². The summed E-state index contributed by atoms with van der Waals surface area (Å²) in [5.41, 5.74) is 2.82. The highest BCUT2D eigenvalue weighted by Gasteiger charge is 2.08. The van der Waals surface area contributed by atoms with Crippen molar-refractivity contribution in [1.29, 1.82) is 0 Å². The van der Waals surface area contributed by atoms with Crippen LogP contribution in [-0.4, -0.2) is 20.9 Å². The van der Waals surface area contributed by atoms with Gasteiger partial charge in [-0.1, -0.05) is 23.7 Å². The van der Waals surface area contributed by atoms with Gasteiger partial charge in [-0.15, -0.1) is 0 Å². The summed E-state index contributed by atoms with van der Waals surface area (Å²) in [5.74, 6) is 0.226. The van der Waals surface area contributed by atoms with Gasteiger partial charge in [-0.25, -0.2) is 9.97 Å². The molecule has 0 fully saturated rings. The maximum atomic E-state index is 12.1. The number of rotatable bonds is 5. The Hall–Kier alpha value is -2.99. The number of nitrogens with one attached hydrogen (secondary N) is 2. The van der Waals surface area contributed by atoms with Crippen LogP contribution in [0, 0.1) is 6.92 Å². The molecule has 2 heterocycles. The van der Waals surface area contributed by atoms with Crippen molar-refractivity contribution >= 4 is 29.0 Å². The fourth-order valence-electron chi connectivity index (χ4n) is 2.09. The largest absolute Gasteiger partial charge is 0.345 e. The smallest absolute Gasteiger partial charge is 0.271 e. The molecule has 0 aliphatic heterocycles. The average molecular weight is 354 g/mol. The minimum Gasteiger partial charge on any atom is -0.345 e. The summed E-state index contributed by atoms with van der Waals surface area (Å²) in [4.78, 5) is 24.6. The molecule has 3 aromatic rings. The predicted octanol–water partition coefficient (Wildman–Crippen LogP) is 3.51. The number of carbonyl (C=O) groups is 1. The molecule has 0 radical (unpaired) electrons. The first-order valence-electron chi connectivity index (χ1n) is 7.65. The minimum atomic E-state index is -0.303. The minimum absolute atomic E-state index is 0.239. The molecular weight excluding hydrogens is 338 g/mol. The Morgan fingerprint density at radius 3 is 2.68 bits per heavy atom. The van der Waals surface area contributed by atoms with Crippen LogP contribution in [-0.2, 0) is 6.54 Å². The molecule has 1 aromatic carbocycles. The van der Waals surface area contributed by atoms with Gasteiger partial charge in [0.25, 0.3) is 5.91 Å². The average Bonchev–Trinajstić information content (AvgIpc) is 2.64. The fourth-order valence-corrected chi connectivity index (χ4v) is 2.27. The molecule has 3 rings (SSSR count). The lowest BCUT2D eigenvalue weighted by molar-refractivity contribution is 0.0945. The molecule has 25 heavy (non-hydrogen) atoms. The molecule has 2 N–H and O–H groups in total. The second-order valence-corrected chi connectivity index (χ2v) is 5.79. The van der Waals surface area contributed by atoms with Gasteiger partial charge in [-0.05, 0) is 36.8 Å². The fraction of sp³-hybridized carbons (Fsp3) is 0.111. The van der Waals surface area contributed by atoms with Crippen LogP contribution in [0.5, 0.6) is 0 Å². The van der Waals surface area contributed by atoms with Crippen molar-refractivity contribution in [2.24, 2.45) is 0 Å². The summed E-state index contributed by atoms with van der Waals surface area (Å²) in [6.45, 7) is 2.27. The molecule has 0 unspecified atom stereocenters. The van der Waals surface area contributed by atoms with E-state index in [9.17, 15) is 4.79 Å². The van der Waals surface area contributed by atoms with E-state index >= 15 is 0 Å². The maximum absolute atomic E-state index is 12.1. The Labute approximate surface area is 150 Å². The molecule has 126 valence electrons. The van der Waals surface area contributed by atoms with Crippen molar-refractivity contribution in [3.63, 3.8) is 0 Å². The molecule has 0 saturated carbocycles. The topological polar surface area (TPSA) is 79.8 Å². The highest BCUT2D eigenvalue weighted by Crippen LogP contribution is 2.22. The number of aryl methyl sites for hydroxylation is 1. The molecule has 2 aromatic heterocycles. The van der Waals surface area contributed by atoms with Crippen molar-refractivity contribution in [3.05, 3.63) is 77.0 Å². The van der Waals surface area contributed by atoms with Crippen LogP contribution < -0.4 is 10.6 Å². The summed E-state index contributed by atoms with van der Waals surface area (Å²) in [7, 11) is 0. The van der Waals surface area contributed by atoms with Crippen molar-refractivity contribution in [1.82, 2.24) is 20.3 Å². The van der Waals surface area contributed by atoms with Crippen molar-refractivity contribution in [2.75, 3.05) is 5.32 Å². The molecule has 0 saturated heterocycles. The quantitative estimate of drug-likeness (QED) is 0.733. The molecule has 0 atom stereocenters. The van der Waals surface area contributed by atoms with E-state index in [0.717, 1.165) is 16.9 Å². The second kappa shape index (κ2) is 7.72. The van der Waals surface area contributed by atoms with Gasteiger partial charge in [0.2, 0.25) is 0 Å². The first kappa shape index (κ1) is 16.9. The number of hydrogen-bond donors (Lipinski definition) is 2. The Bertz CT molecular complexity index is 868. The molecule has 1 amide bonds. The van der Waals surface area contributed by atoms with Crippen molar-refractivity contribution in [2.45, 2.75) is 13.5 Å². The lowest BCUT2D eigenvalue weighted by atomic mass is 10.2. The molecule has 0 spiro atoms. The van der Waals surface area contributed by atoms with Crippen molar-refractivity contribution in [3.8, 4) is 0 Å². The third-order valence-corrected chi connectivity index (χ3v) is 3.89. The van der Waals surface area contributed by atoms with Crippen LogP contribution in [0.3, 0.4) is 0 Å². The van der Waals surface area contributed by atoms with E-state index in [1.165, 1.54) is 12.4 Å². The normalized spacial score (nSPS) is 10.3. The third kappa shape index (κ3) is 4.51. The number of amides is 1. The Morgan fingerprint density at radius 2 is 2.00 bits per heavy atom. The van der Waals surface area contributed by atoms with Gasteiger partial charge in [0.15, 0.2) is 0 Å². The third-order valence-electron chi connectivity index (χ3n) is 3.48. The zero-order chi connectivity index (χ0) is 17.6. The Balaban J connectivity index is 1.61. The number of halogens is 1. The van der Waals surface area contributed by atoms with E-state index in [0.29, 0.717) is 17.4 Å². The highest BCUT2D eigenvalue weighted by atomic mass is 35.5. The van der Waals surface area contributed by atoms with E-state index in [4.69, 9.17) is 11.6 Å². The van der Waals surface area contributed by atoms with Gasteiger partial charge in [-0.3, -0.25) is 9.78 Å². The molecule has 0 aliphatic carbocycles. The highest BCUT2D eigenvalue weighted by molar-refractivity contribution is 6.31. The van der Waals surface area contributed by atoms with Gasteiger partial charge in [-0.2, -0.15) is 0 Å². The van der Waals surface area contributed by atoms with Gasteiger partial charge in [0, 0.05) is 16.9 Å². The van der Waals surface area contributed by atoms with Gasteiger partial charge < -0.3 is 10.6 Å². The Morgan fingerprint density at radius 1 is 1.12 bits per heavy atom. The number of nitrogens with zero attached hydrogens (tertiary/aromatic N) is 3. The van der Waals surface area contributed by atoms with Gasteiger partial charge in [0.05, 0.1) is 24.6 Å². The maximum Gasteiger partial charge on any atom is 0.271 e. The van der Waals surface area contributed by atoms with E-state index in [-0.39, 0.29) is 11.6 Å².